The summed E-state index contributed by atoms with van der Waals surface area (Å²) >= 11 is 0. The van der Waals surface area contributed by atoms with Crippen LogP contribution in [0.4, 0.5) is 0 Å². The number of hydrogen-bond acceptors (Lipinski definition) is 1. The molecule has 2 heteroatoms. The summed E-state index contributed by atoms with van der Waals surface area (Å²) in [6.45, 7) is 6.31. The van der Waals surface area contributed by atoms with Crippen molar-refractivity contribution in [2.24, 2.45) is 0 Å². The summed E-state index contributed by atoms with van der Waals surface area (Å²) in [5.74, 6) is 0. The van der Waals surface area contributed by atoms with E-state index < -0.39 is 0 Å². The van der Waals surface area contributed by atoms with Crippen LogP contribution in [0.15, 0.2) is 30.3 Å². The summed E-state index contributed by atoms with van der Waals surface area (Å²) in [5, 5.41) is 0. The third kappa shape index (κ3) is 2.59. The van der Waals surface area contributed by atoms with E-state index in [-0.39, 0.29) is 6.04 Å². The molecule has 1 unspecified atom stereocenters. The van der Waals surface area contributed by atoms with Gasteiger partial charge in [0.25, 0.3) is 0 Å². The Bertz CT molecular complexity index is 246. The summed E-state index contributed by atoms with van der Waals surface area (Å²) in [6.07, 6.45) is 0. The second kappa shape index (κ2) is 4.47. The molecule has 2 radical (unpaired) electrons. The second-order valence-corrected chi connectivity index (χ2v) is 3.63. The predicted octanol–water partition coefficient (Wildman–Crippen LogP) is 2.54. The monoisotopic (exact) mass is 173 g/mol. The van der Waals surface area contributed by atoms with Gasteiger partial charge < -0.3 is 4.81 Å². The highest BCUT2D eigenvalue weighted by atomic mass is 15.1. The zero-order chi connectivity index (χ0) is 9.84. The van der Waals surface area contributed by atoms with Gasteiger partial charge in [-0.3, -0.25) is 0 Å². The lowest BCUT2D eigenvalue weighted by Gasteiger charge is -2.29. The molecule has 0 amide bonds. The largest absolute Gasteiger partial charge is 0.346 e. The van der Waals surface area contributed by atoms with Crippen molar-refractivity contribution in [2.45, 2.75) is 32.9 Å². The maximum absolute atomic E-state index is 5.93. The first-order valence-corrected chi connectivity index (χ1v) is 4.71. The van der Waals surface area contributed by atoms with Crippen LogP contribution in [-0.2, 0) is 0 Å². The van der Waals surface area contributed by atoms with Crippen molar-refractivity contribution >= 4 is 7.98 Å². The molecule has 0 aromatic heterocycles. The summed E-state index contributed by atoms with van der Waals surface area (Å²) in [5.41, 5.74) is 1.26. The lowest BCUT2D eigenvalue weighted by Crippen LogP contribution is -2.30. The van der Waals surface area contributed by atoms with E-state index in [0.29, 0.717) is 6.04 Å². The van der Waals surface area contributed by atoms with Gasteiger partial charge in [-0.2, -0.15) is 0 Å². The molecule has 0 aliphatic heterocycles. The minimum Gasteiger partial charge on any atom is -0.346 e. The average Bonchev–Trinajstić information content (AvgIpc) is 2.17. The Morgan fingerprint density at radius 3 is 2.08 bits per heavy atom. The molecule has 0 fully saturated rings. The Morgan fingerprint density at radius 2 is 1.62 bits per heavy atom. The van der Waals surface area contributed by atoms with E-state index in [1.54, 1.807) is 0 Å². The molecule has 0 saturated heterocycles. The quantitative estimate of drug-likeness (QED) is 0.635. The number of nitrogens with zero attached hydrogens (tertiary/aromatic N) is 1. The molecule has 0 N–H and O–H groups in total. The van der Waals surface area contributed by atoms with Crippen LogP contribution in [0.25, 0.3) is 0 Å². The fraction of sp³-hybridized carbons (Fsp3) is 0.455. The van der Waals surface area contributed by atoms with Gasteiger partial charge in [-0.25, -0.2) is 0 Å². The lowest BCUT2D eigenvalue weighted by atomic mass is 10.0. The Labute approximate surface area is 82.2 Å². The minimum atomic E-state index is 0.279. The molecule has 1 nitrogen and oxygen atoms in total. The van der Waals surface area contributed by atoms with Crippen LogP contribution >= 0.6 is 0 Å². The highest BCUT2D eigenvalue weighted by molar-refractivity contribution is 6.04. The third-order valence-corrected chi connectivity index (χ3v) is 2.33. The second-order valence-electron chi connectivity index (χ2n) is 3.63. The van der Waals surface area contributed by atoms with Gasteiger partial charge >= 0.3 is 0 Å². The summed E-state index contributed by atoms with van der Waals surface area (Å²) < 4.78 is 0. The van der Waals surface area contributed by atoms with Crippen molar-refractivity contribution in [1.29, 1.82) is 0 Å². The molecule has 1 aromatic carbocycles. The molecular weight excluding hydrogens is 157 g/mol. The first kappa shape index (κ1) is 10.3. The fourth-order valence-electron chi connectivity index (χ4n) is 1.35. The number of rotatable bonds is 3. The Balaban J connectivity index is 2.73. The van der Waals surface area contributed by atoms with Gasteiger partial charge in [0.2, 0.25) is 0 Å². The van der Waals surface area contributed by atoms with Gasteiger partial charge in [0.1, 0.15) is 0 Å². The fourth-order valence-corrected chi connectivity index (χ4v) is 1.35. The molecule has 1 rings (SSSR count). The van der Waals surface area contributed by atoms with Crippen molar-refractivity contribution in [2.75, 3.05) is 0 Å². The molecule has 0 spiro atoms. The topological polar surface area (TPSA) is 3.24 Å². The van der Waals surface area contributed by atoms with Crippen molar-refractivity contribution in [3.05, 3.63) is 35.9 Å². The normalized spacial score (nSPS) is 13.6. The zero-order valence-electron chi connectivity index (χ0n) is 8.57. The van der Waals surface area contributed by atoms with E-state index in [1.165, 1.54) is 5.56 Å². The maximum Gasteiger partial charge on any atom is 0.183 e. The zero-order valence-corrected chi connectivity index (χ0v) is 8.57. The van der Waals surface area contributed by atoms with Crippen LogP contribution in [0.5, 0.6) is 0 Å². The number of hydrogen-bond donors (Lipinski definition) is 0. The SMILES string of the molecule is [B]N(C(C)C)C(C)c1ccccc1. The lowest BCUT2D eigenvalue weighted by molar-refractivity contribution is 0.308. The Hall–Kier alpha value is -0.755. The molecule has 1 aromatic rings. The maximum atomic E-state index is 5.93. The van der Waals surface area contributed by atoms with E-state index in [9.17, 15) is 0 Å². The minimum absolute atomic E-state index is 0.279. The smallest absolute Gasteiger partial charge is 0.183 e. The first-order chi connectivity index (χ1) is 6.13. The van der Waals surface area contributed by atoms with Crippen molar-refractivity contribution in [1.82, 2.24) is 4.81 Å². The standard InChI is InChI=1S/C11H16BN/c1-9(2)13(12)10(3)11-7-5-4-6-8-11/h4-10H,1-3H3. The van der Waals surface area contributed by atoms with Crippen LogP contribution in [0.3, 0.4) is 0 Å². The highest BCUT2D eigenvalue weighted by Gasteiger charge is 2.12. The Kier molecular flexibility index (Phi) is 3.55. The molecule has 0 bridgehead atoms. The van der Waals surface area contributed by atoms with E-state index >= 15 is 0 Å². The summed E-state index contributed by atoms with van der Waals surface area (Å²) in [4.78, 5) is 1.87. The molecule has 0 heterocycles. The predicted molar refractivity (Wildman–Crippen MR) is 57.6 cm³/mol. The first-order valence-electron chi connectivity index (χ1n) is 4.71. The van der Waals surface area contributed by atoms with E-state index in [4.69, 9.17) is 7.98 Å². The van der Waals surface area contributed by atoms with Crippen LogP contribution in [0, 0.1) is 0 Å². The average molecular weight is 173 g/mol. The van der Waals surface area contributed by atoms with Gasteiger partial charge in [-0.1, -0.05) is 44.2 Å². The van der Waals surface area contributed by atoms with Gasteiger partial charge in [-0.15, -0.1) is 0 Å². The molecule has 0 aliphatic rings. The Morgan fingerprint density at radius 1 is 1.08 bits per heavy atom. The third-order valence-electron chi connectivity index (χ3n) is 2.33. The molecule has 1 atom stereocenters. The van der Waals surface area contributed by atoms with Gasteiger partial charge in [0.05, 0.1) is 0 Å². The molecule has 0 aliphatic carbocycles. The van der Waals surface area contributed by atoms with Gasteiger partial charge in [0, 0.05) is 6.04 Å². The van der Waals surface area contributed by atoms with Crippen molar-refractivity contribution in [3.8, 4) is 0 Å². The number of benzene rings is 1. The molecule has 0 saturated carbocycles. The molecule has 13 heavy (non-hydrogen) atoms. The van der Waals surface area contributed by atoms with E-state index in [1.807, 2.05) is 23.0 Å². The molecule has 68 valence electrons. The van der Waals surface area contributed by atoms with Crippen LogP contribution in [0.2, 0.25) is 0 Å². The summed E-state index contributed by atoms with van der Waals surface area (Å²) in [7, 11) is 5.93. The van der Waals surface area contributed by atoms with Crippen LogP contribution in [-0.4, -0.2) is 18.8 Å². The van der Waals surface area contributed by atoms with E-state index in [2.05, 4.69) is 32.9 Å². The highest BCUT2D eigenvalue weighted by Crippen LogP contribution is 2.19. The van der Waals surface area contributed by atoms with E-state index in [0.717, 1.165) is 0 Å². The molecular formula is C11H16BN. The van der Waals surface area contributed by atoms with Crippen molar-refractivity contribution < 1.29 is 0 Å². The van der Waals surface area contributed by atoms with Crippen molar-refractivity contribution in [3.63, 3.8) is 0 Å². The summed E-state index contributed by atoms with van der Waals surface area (Å²) in [6, 6.07) is 11.0. The van der Waals surface area contributed by atoms with Crippen LogP contribution in [0.1, 0.15) is 32.4 Å². The van der Waals surface area contributed by atoms with Gasteiger partial charge in [-0.05, 0) is 18.5 Å². The van der Waals surface area contributed by atoms with Crippen LogP contribution < -0.4 is 0 Å². The van der Waals surface area contributed by atoms with Gasteiger partial charge in [0.15, 0.2) is 7.98 Å².